The lowest BCUT2D eigenvalue weighted by Crippen LogP contribution is -2.43. The van der Waals surface area contributed by atoms with Crippen LogP contribution in [-0.4, -0.2) is 55.1 Å². The largest absolute Gasteiger partial charge is 0.452 e. The van der Waals surface area contributed by atoms with Gasteiger partial charge in [-0.3, -0.25) is 14.9 Å². The lowest BCUT2D eigenvalue weighted by Gasteiger charge is -2.42. The molecule has 3 atom stereocenters. The molecule has 34 heavy (non-hydrogen) atoms. The number of allylic oxidation sites excluding steroid dienone is 2. The fraction of sp³-hybridized carbons (Fsp3) is 0.536. The van der Waals surface area contributed by atoms with E-state index >= 15 is 0 Å². The highest BCUT2D eigenvalue weighted by atomic mass is 16.5. The Balaban J connectivity index is 1.74. The van der Waals surface area contributed by atoms with E-state index in [0.29, 0.717) is 12.5 Å². The van der Waals surface area contributed by atoms with Gasteiger partial charge in [0.25, 0.3) is 0 Å². The van der Waals surface area contributed by atoms with E-state index in [1.165, 1.54) is 7.11 Å². The van der Waals surface area contributed by atoms with Gasteiger partial charge in [0.05, 0.1) is 31.4 Å². The molecule has 1 amide bonds. The van der Waals surface area contributed by atoms with Crippen molar-refractivity contribution in [3.63, 3.8) is 0 Å². The average molecular weight is 463 g/mol. The monoisotopic (exact) mass is 462 g/mol. The molecule has 2 heterocycles. The highest BCUT2D eigenvalue weighted by Gasteiger charge is 2.35. The van der Waals surface area contributed by atoms with E-state index in [-0.39, 0.29) is 17.6 Å². The maximum Gasteiger partial charge on any atom is 0.414 e. The Labute approximate surface area is 204 Å². The number of aryl methyl sites for hydroxylation is 1. The van der Waals surface area contributed by atoms with Crippen LogP contribution in [0.1, 0.15) is 52.0 Å². The molecule has 0 radical (unpaired) electrons. The second kappa shape index (κ2) is 11.9. The zero-order chi connectivity index (χ0) is 24.6. The molecule has 3 unspecified atom stereocenters. The standard InChI is InChI=1S/C28H38N4O2/c1-6-8-24-11-10-23(3)30-21-31(16-13-24)20-28(4)14-7-9-25(17-28)19-32(27(33)34-5)26-18-29-15-12-22(26)2/h10-13,15,18,21,23,25H,7,9,14,16-17,19-20H2,1-5H3. The van der Waals surface area contributed by atoms with Gasteiger partial charge in [-0.1, -0.05) is 25.3 Å². The number of rotatable bonds is 5. The Morgan fingerprint density at radius 2 is 2.24 bits per heavy atom. The van der Waals surface area contributed by atoms with Gasteiger partial charge in [-0.2, -0.15) is 0 Å². The van der Waals surface area contributed by atoms with Crippen LogP contribution in [0.2, 0.25) is 0 Å². The van der Waals surface area contributed by atoms with Crippen molar-refractivity contribution >= 4 is 18.1 Å². The van der Waals surface area contributed by atoms with Crippen LogP contribution in [0.15, 0.2) is 47.3 Å². The van der Waals surface area contributed by atoms with Gasteiger partial charge in [0.2, 0.25) is 0 Å². The first-order valence-corrected chi connectivity index (χ1v) is 12.2. The van der Waals surface area contributed by atoms with Crippen LogP contribution < -0.4 is 4.90 Å². The fourth-order valence-corrected chi connectivity index (χ4v) is 5.05. The smallest absolute Gasteiger partial charge is 0.414 e. The SMILES string of the molecule is CC#CC1=CCN(CC2(C)CCCC(CN(C(=O)OC)c3cnccc3C)C2)C=NC(C)C=C1. The number of hydrogen-bond acceptors (Lipinski definition) is 5. The van der Waals surface area contributed by atoms with E-state index in [1.807, 2.05) is 26.3 Å². The summed E-state index contributed by atoms with van der Waals surface area (Å²) in [5.41, 5.74) is 3.02. The molecule has 1 aliphatic carbocycles. The van der Waals surface area contributed by atoms with Crippen molar-refractivity contribution in [2.24, 2.45) is 16.3 Å². The number of nitrogens with zero attached hydrogens (tertiary/aromatic N) is 4. The van der Waals surface area contributed by atoms with Crippen molar-refractivity contribution in [1.82, 2.24) is 9.88 Å². The Kier molecular flexibility index (Phi) is 8.92. The fourth-order valence-electron chi connectivity index (χ4n) is 5.05. The van der Waals surface area contributed by atoms with Crippen molar-refractivity contribution in [2.75, 3.05) is 31.6 Å². The third kappa shape index (κ3) is 6.96. The topological polar surface area (TPSA) is 58.0 Å². The Morgan fingerprint density at radius 1 is 1.41 bits per heavy atom. The van der Waals surface area contributed by atoms with Gasteiger partial charge in [0.15, 0.2) is 0 Å². The van der Waals surface area contributed by atoms with Gasteiger partial charge >= 0.3 is 6.09 Å². The van der Waals surface area contributed by atoms with Gasteiger partial charge in [0, 0.05) is 31.4 Å². The number of hydrogen-bond donors (Lipinski definition) is 0. The van der Waals surface area contributed by atoms with Gasteiger partial charge in [-0.05, 0) is 75.1 Å². The average Bonchev–Trinajstić information content (AvgIpc) is 2.89. The number of aliphatic imine (C=N–C) groups is 1. The summed E-state index contributed by atoms with van der Waals surface area (Å²) < 4.78 is 5.12. The highest BCUT2D eigenvalue weighted by Crippen LogP contribution is 2.40. The lowest BCUT2D eigenvalue weighted by molar-refractivity contribution is 0.127. The molecular weight excluding hydrogens is 424 g/mol. The Morgan fingerprint density at radius 3 is 2.97 bits per heavy atom. The van der Waals surface area contributed by atoms with Gasteiger partial charge < -0.3 is 9.64 Å². The molecule has 1 aliphatic heterocycles. The van der Waals surface area contributed by atoms with E-state index in [0.717, 1.165) is 55.6 Å². The van der Waals surface area contributed by atoms with E-state index < -0.39 is 0 Å². The predicted molar refractivity (Wildman–Crippen MR) is 139 cm³/mol. The molecule has 182 valence electrons. The number of amides is 1. The third-order valence-electron chi connectivity index (χ3n) is 6.73. The molecule has 0 spiro atoms. The summed E-state index contributed by atoms with van der Waals surface area (Å²) in [5.74, 6) is 6.58. The second-order valence-electron chi connectivity index (χ2n) is 9.84. The quantitative estimate of drug-likeness (QED) is 0.550. The van der Waals surface area contributed by atoms with Crippen LogP contribution >= 0.6 is 0 Å². The number of anilines is 1. The maximum atomic E-state index is 12.7. The van der Waals surface area contributed by atoms with Crippen molar-refractivity contribution in [1.29, 1.82) is 0 Å². The summed E-state index contributed by atoms with van der Waals surface area (Å²) in [6, 6.07) is 2.05. The van der Waals surface area contributed by atoms with Gasteiger partial charge in [0.1, 0.15) is 0 Å². The first-order chi connectivity index (χ1) is 16.3. The summed E-state index contributed by atoms with van der Waals surface area (Å²) in [5, 5.41) is 0. The number of aromatic nitrogens is 1. The highest BCUT2D eigenvalue weighted by molar-refractivity contribution is 5.88. The zero-order valence-corrected chi connectivity index (χ0v) is 21.3. The van der Waals surface area contributed by atoms with Crippen LogP contribution in [0.4, 0.5) is 10.5 Å². The van der Waals surface area contributed by atoms with Gasteiger partial charge in [-0.25, -0.2) is 4.79 Å². The normalized spacial score (nSPS) is 24.7. The number of carbonyl (C=O) groups excluding carboxylic acids is 1. The first kappa shape index (κ1) is 25.6. The minimum Gasteiger partial charge on any atom is -0.452 e. The van der Waals surface area contributed by atoms with Crippen LogP contribution in [0.5, 0.6) is 0 Å². The molecule has 2 aliphatic rings. The molecule has 3 rings (SSSR count). The van der Waals surface area contributed by atoms with Crippen LogP contribution in [0, 0.1) is 30.1 Å². The molecule has 0 N–H and O–H groups in total. The molecule has 1 fully saturated rings. The molecule has 1 aromatic heterocycles. The van der Waals surface area contributed by atoms with E-state index in [4.69, 9.17) is 9.73 Å². The van der Waals surface area contributed by atoms with Gasteiger partial charge in [-0.15, -0.1) is 5.92 Å². The van der Waals surface area contributed by atoms with Crippen molar-refractivity contribution in [2.45, 2.75) is 59.4 Å². The third-order valence-corrected chi connectivity index (χ3v) is 6.73. The summed E-state index contributed by atoms with van der Waals surface area (Å²) in [6.07, 6.45) is 16.0. The number of pyridine rings is 1. The van der Waals surface area contributed by atoms with Crippen LogP contribution in [0.25, 0.3) is 0 Å². The number of ether oxygens (including phenoxy) is 1. The zero-order valence-electron chi connectivity index (χ0n) is 21.3. The summed E-state index contributed by atoms with van der Waals surface area (Å²) in [6.45, 7) is 10.7. The summed E-state index contributed by atoms with van der Waals surface area (Å²) in [7, 11) is 1.44. The lowest BCUT2D eigenvalue weighted by atomic mass is 9.70. The van der Waals surface area contributed by atoms with Crippen LogP contribution in [-0.2, 0) is 4.74 Å². The predicted octanol–water partition coefficient (Wildman–Crippen LogP) is 5.40. The number of methoxy groups -OCH3 is 1. The minimum atomic E-state index is -0.327. The Hall–Kier alpha value is -3.07. The van der Waals surface area contributed by atoms with Crippen molar-refractivity contribution in [3.05, 3.63) is 47.8 Å². The molecule has 0 saturated heterocycles. The molecule has 1 aromatic rings. The molecule has 6 nitrogen and oxygen atoms in total. The van der Waals surface area contributed by atoms with Crippen LogP contribution in [0.3, 0.4) is 0 Å². The maximum absolute atomic E-state index is 12.7. The first-order valence-electron chi connectivity index (χ1n) is 12.2. The Bertz CT molecular complexity index is 1000. The molecular formula is C28H38N4O2. The second-order valence-corrected chi connectivity index (χ2v) is 9.84. The van der Waals surface area contributed by atoms with E-state index in [2.05, 4.69) is 53.8 Å². The van der Waals surface area contributed by atoms with E-state index in [9.17, 15) is 4.79 Å². The molecule has 0 aromatic carbocycles. The molecule has 0 bridgehead atoms. The van der Waals surface area contributed by atoms with Crippen molar-refractivity contribution < 1.29 is 9.53 Å². The van der Waals surface area contributed by atoms with E-state index in [1.54, 1.807) is 17.3 Å². The van der Waals surface area contributed by atoms with Crippen molar-refractivity contribution in [3.8, 4) is 11.8 Å². The molecule has 6 heteroatoms. The summed E-state index contributed by atoms with van der Waals surface area (Å²) in [4.78, 5) is 25.7. The molecule has 1 saturated carbocycles. The number of carbonyl (C=O) groups is 1. The summed E-state index contributed by atoms with van der Waals surface area (Å²) >= 11 is 0. The minimum absolute atomic E-state index is 0.117.